The highest BCUT2D eigenvalue weighted by molar-refractivity contribution is 5.71. The fourth-order valence-corrected chi connectivity index (χ4v) is 7.98. The number of ether oxygens (including phenoxy) is 3. The summed E-state index contributed by atoms with van der Waals surface area (Å²) in [5.74, 6) is -0.889. The zero-order valence-corrected chi connectivity index (χ0v) is 43.3. The Labute approximate surface area is 403 Å². The van der Waals surface area contributed by atoms with Crippen LogP contribution in [0.4, 0.5) is 0 Å². The first-order chi connectivity index (χ1) is 32.0. The maximum absolute atomic E-state index is 12.8. The Morgan fingerprint density at radius 3 is 0.938 bits per heavy atom. The van der Waals surface area contributed by atoms with Crippen molar-refractivity contribution in [3.8, 4) is 0 Å². The van der Waals surface area contributed by atoms with Crippen molar-refractivity contribution in [1.82, 2.24) is 0 Å². The van der Waals surface area contributed by atoms with E-state index in [2.05, 4.69) is 69.4 Å². The molecule has 6 nitrogen and oxygen atoms in total. The molecule has 0 aliphatic rings. The summed E-state index contributed by atoms with van der Waals surface area (Å²) in [6.45, 7) is 6.58. The summed E-state index contributed by atoms with van der Waals surface area (Å²) in [5, 5.41) is 0. The van der Waals surface area contributed by atoms with Crippen LogP contribution in [-0.4, -0.2) is 37.2 Å². The molecule has 6 heteroatoms. The van der Waals surface area contributed by atoms with Crippen LogP contribution in [0.1, 0.15) is 290 Å². The number of hydrogen-bond acceptors (Lipinski definition) is 6. The molecule has 0 unspecified atom stereocenters. The fraction of sp³-hybridized carbons (Fsp3) is 0.814. The van der Waals surface area contributed by atoms with Crippen molar-refractivity contribution in [3.63, 3.8) is 0 Å². The SMILES string of the molecule is CCCC/C=C\CCCCCCCC(=O)O[C@H](COC(=O)CCCCCCCCC/C=C\C/C=C\CCCCC)COC(=O)CCCCCCCCCCC/C=C\CCCCCCCC. The van der Waals surface area contributed by atoms with Gasteiger partial charge in [0.25, 0.3) is 0 Å². The van der Waals surface area contributed by atoms with E-state index >= 15 is 0 Å². The summed E-state index contributed by atoms with van der Waals surface area (Å²) in [6.07, 6.45) is 65.3. The van der Waals surface area contributed by atoms with Gasteiger partial charge in [0, 0.05) is 19.3 Å². The van der Waals surface area contributed by atoms with E-state index in [0.717, 1.165) is 83.5 Å². The quantitative estimate of drug-likeness (QED) is 0.0262. The number of carbonyl (C=O) groups is 3. The zero-order chi connectivity index (χ0) is 47.2. The van der Waals surface area contributed by atoms with Crippen LogP contribution in [0.15, 0.2) is 48.6 Å². The summed E-state index contributed by atoms with van der Waals surface area (Å²) in [4.78, 5) is 38.1. The Bertz CT molecular complexity index is 1140. The van der Waals surface area contributed by atoms with Crippen molar-refractivity contribution in [2.24, 2.45) is 0 Å². The third-order valence-corrected chi connectivity index (χ3v) is 12.3. The fourth-order valence-electron chi connectivity index (χ4n) is 7.98. The first kappa shape index (κ1) is 62.4. The highest BCUT2D eigenvalue weighted by Gasteiger charge is 2.19. The molecule has 0 aliphatic carbocycles. The van der Waals surface area contributed by atoms with Gasteiger partial charge >= 0.3 is 17.9 Å². The largest absolute Gasteiger partial charge is 0.462 e. The third-order valence-electron chi connectivity index (χ3n) is 12.3. The maximum atomic E-state index is 12.8. The lowest BCUT2D eigenvalue weighted by atomic mass is 10.1. The minimum Gasteiger partial charge on any atom is -0.462 e. The van der Waals surface area contributed by atoms with E-state index in [-0.39, 0.29) is 31.1 Å². The van der Waals surface area contributed by atoms with Crippen LogP contribution in [0.2, 0.25) is 0 Å². The Kier molecular flexibility index (Phi) is 51.8. The van der Waals surface area contributed by atoms with Gasteiger partial charge in [-0.3, -0.25) is 14.4 Å². The normalized spacial score (nSPS) is 12.4. The molecule has 65 heavy (non-hydrogen) atoms. The van der Waals surface area contributed by atoms with E-state index in [9.17, 15) is 14.4 Å². The van der Waals surface area contributed by atoms with Crippen molar-refractivity contribution in [2.75, 3.05) is 13.2 Å². The highest BCUT2D eigenvalue weighted by atomic mass is 16.6. The molecule has 0 saturated heterocycles. The van der Waals surface area contributed by atoms with E-state index in [0.29, 0.717) is 19.3 Å². The number of unbranched alkanes of at least 4 members (excludes halogenated alkanes) is 32. The van der Waals surface area contributed by atoms with Crippen molar-refractivity contribution >= 4 is 17.9 Å². The number of rotatable bonds is 51. The lowest BCUT2D eigenvalue weighted by molar-refractivity contribution is -0.167. The topological polar surface area (TPSA) is 78.9 Å². The summed E-state index contributed by atoms with van der Waals surface area (Å²) in [5.41, 5.74) is 0. The second-order valence-corrected chi connectivity index (χ2v) is 18.8. The minimum atomic E-state index is -0.780. The van der Waals surface area contributed by atoms with Crippen LogP contribution >= 0.6 is 0 Å². The lowest BCUT2D eigenvalue weighted by Gasteiger charge is -2.18. The van der Waals surface area contributed by atoms with Crippen LogP contribution in [0.5, 0.6) is 0 Å². The van der Waals surface area contributed by atoms with Gasteiger partial charge in [0.05, 0.1) is 0 Å². The Balaban J connectivity index is 4.31. The molecular weight excluding hydrogens is 805 g/mol. The molecule has 1 atom stereocenters. The second kappa shape index (κ2) is 54.0. The second-order valence-electron chi connectivity index (χ2n) is 18.8. The number of hydrogen-bond donors (Lipinski definition) is 0. The van der Waals surface area contributed by atoms with Crippen molar-refractivity contribution in [2.45, 2.75) is 297 Å². The third kappa shape index (κ3) is 52.2. The Morgan fingerprint density at radius 1 is 0.308 bits per heavy atom. The van der Waals surface area contributed by atoms with E-state index in [1.165, 1.54) is 167 Å². The van der Waals surface area contributed by atoms with Gasteiger partial charge in [-0.05, 0) is 96.3 Å². The molecule has 0 aromatic heterocycles. The molecular formula is C59H106O6. The predicted octanol–water partition coefficient (Wildman–Crippen LogP) is 18.7. The first-order valence-electron chi connectivity index (χ1n) is 28.1. The van der Waals surface area contributed by atoms with E-state index in [4.69, 9.17) is 14.2 Å². The van der Waals surface area contributed by atoms with Crippen molar-refractivity contribution in [1.29, 1.82) is 0 Å². The molecule has 0 heterocycles. The van der Waals surface area contributed by atoms with Crippen LogP contribution in [0.3, 0.4) is 0 Å². The van der Waals surface area contributed by atoms with Crippen LogP contribution < -0.4 is 0 Å². The van der Waals surface area contributed by atoms with E-state index in [1.54, 1.807) is 0 Å². The molecule has 378 valence electrons. The molecule has 0 bridgehead atoms. The Hall–Kier alpha value is -2.63. The van der Waals surface area contributed by atoms with Gasteiger partial charge in [0.1, 0.15) is 13.2 Å². The van der Waals surface area contributed by atoms with Gasteiger partial charge < -0.3 is 14.2 Å². The lowest BCUT2D eigenvalue weighted by Crippen LogP contribution is -2.30. The Morgan fingerprint density at radius 2 is 0.569 bits per heavy atom. The van der Waals surface area contributed by atoms with Gasteiger partial charge in [-0.25, -0.2) is 0 Å². The standard InChI is InChI=1S/C59H106O6/c1-4-7-10-13-16-19-22-24-26-28-29-31-33-35-38-40-43-46-49-52-58(61)64-55-56(65-59(62)53-50-47-44-41-36-21-18-15-12-9-6-3)54-63-57(60)51-48-45-42-39-37-34-32-30-27-25-23-20-17-14-11-8-5-2/h15,17-18,20,24-27,56H,4-14,16,19,21-23,28-55H2,1-3H3/b18-15-,20-17-,26-24-,27-25-/t56-/m1/s1. The summed E-state index contributed by atoms with van der Waals surface area (Å²) in [7, 11) is 0. The highest BCUT2D eigenvalue weighted by Crippen LogP contribution is 2.15. The average Bonchev–Trinajstić information content (AvgIpc) is 3.30. The minimum absolute atomic E-state index is 0.0789. The van der Waals surface area contributed by atoms with Gasteiger partial charge in [-0.2, -0.15) is 0 Å². The van der Waals surface area contributed by atoms with Gasteiger partial charge in [-0.1, -0.05) is 223 Å². The first-order valence-corrected chi connectivity index (χ1v) is 28.1. The summed E-state index contributed by atoms with van der Waals surface area (Å²) < 4.78 is 16.8. The molecule has 0 aromatic rings. The van der Waals surface area contributed by atoms with E-state index < -0.39 is 6.10 Å². The molecule has 0 saturated carbocycles. The summed E-state index contributed by atoms with van der Waals surface area (Å²) in [6, 6.07) is 0. The van der Waals surface area contributed by atoms with Crippen LogP contribution in [0, 0.1) is 0 Å². The zero-order valence-electron chi connectivity index (χ0n) is 43.3. The molecule has 0 aliphatic heterocycles. The van der Waals surface area contributed by atoms with Crippen LogP contribution in [-0.2, 0) is 28.6 Å². The van der Waals surface area contributed by atoms with Gasteiger partial charge in [0.15, 0.2) is 6.10 Å². The van der Waals surface area contributed by atoms with Crippen molar-refractivity contribution in [3.05, 3.63) is 48.6 Å². The van der Waals surface area contributed by atoms with Crippen LogP contribution in [0.25, 0.3) is 0 Å². The van der Waals surface area contributed by atoms with Crippen molar-refractivity contribution < 1.29 is 28.6 Å². The molecule has 0 N–H and O–H groups in total. The molecule has 0 aromatic carbocycles. The predicted molar refractivity (Wildman–Crippen MR) is 279 cm³/mol. The number of esters is 3. The maximum Gasteiger partial charge on any atom is 0.306 e. The average molecular weight is 911 g/mol. The molecule has 0 spiro atoms. The number of carbonyl (C=O) groups excluding carboxylic acids is 3. The molecule has 0 fully saturated rings. The monoisotopic (exact) mass is 911 g/mol. The summed E-state index contributed by atoms with van der Waals surface area (Å²) >= 11 is 0. The molecule has 0 amide bonds. The smallest absolute Gasteiger partial charge is 0.306 e. The molecule has 0 rings (SSSR count). The number of allylic oxidation sites excluding steroid dienone is 8. The van der Waals surface area contributed by atoms with Gasteiger partial charge in [-0.15, -0.1) is 0 Å². The molecule has 0 radical (unpaired) electrons. The van der Waals surface area contributed by atoms with Gasteiger partial charge in [0.2, 0.25) is 0 Å². The van der Waals surface area contributed by atoms with E-state index in [1.807, 2.05) is 0 Å².